The minimum atomic E-state index is 0.0630. The van der Waals surface area contributed by atoms with Crippen molar-refractivity contribution in [3.8, 4) is 0 Å². The molecule has 3 heteroatoms. The molecule has 1 aromatic carbocycles. The summed E-state index contributed by atoms with van der Waals surface area (Å²) >= 11 is 0. The molecule has 0 unspecified atom stereocenters. The van der Waals surface area contributed by atoms with E-state index in [4.69, 9.17) is 0 Å². The molecule has 140 valence electrons. The molecule has 1 fully saturated rings. The van der Waals surface area contributed by atoms with Crippen LogP contribution in [-0.4, -0.2) is 30.4 Å². The van der Waals surface area contributed by atoms with Gasteiger partial charge in [0.2, 0.25) is 0 Å². The van der Waals surface area contributed by atoms with E-state index in [-0.39, 0.29) is 5.91 Å². The topological polar surface area (TPSA) is 32.3 Å². The predicted molar refractivity (Wildman–Crippen MR) is 106 cm³/mol. The van der Waals surface area contributed by atoms with Crippen molar-refractivity contribution in [1.82, 2.24) is 10.2 Å². The van der Waals surface area contributed by atoms with Crippen LogP contribution in [0.3, 0.4) is 0 Å². The fourth-order valence-electron chi connectivity index (χ4n) is 3.73. The van der Waals surface area contributed by atoms with Crippen molar-refractivity contribution >= 4 is 5.91 Å². The number of hydrogen-bond acceptors (Lipinski definition) is 2. The molecule has 1 aromatic rings. The molecule has 25 heavy (non-hydrogen) atoms. The van der Waals surface area contributed by atoms with Crippen LogP contribution in [0.1, 0.15) is 75.2 Å². The molecular weight excluding hydrogens is 308 g/mol. The Balaban J connectivity index is 1.81. The minimum absolute atomic E-state index is 0.0630. The zero-order chi connectivity index (χ0) is 18.1. The number of piperidine rings is 1. The number of unbranched alkanes of at least 4 members (excludes halogenated alkanes) is 1. The maximum absolute atomic E-state index is 12.4. The first-order valence-corrected chi connectivity index (χ1v) is 10.2. The van der Waals surface area contributed by atoms with Crippen molar-refractivity contribution in [3.05, 3.63) is 35.4 Å². The molecule has 1 saturated heterocycles. The van der Waals surface area contributed by atoms with Crippen molar-refractivity contribution < 1.29 is 4.79 Å². The van der Waals surface area contributed by atoms with Crippen molar-refractivity contribution in [2.75, 3.05) is 19.6 Å². The summed E-state index contributed by atoms with van der Waals surface area (Å²) in [5, 5.41) is 3.12. The molecule has 1 amide bonds. The number of nitrogens with one attached hydrogen (secondary N) is 1. The second kappa shape index (κ2) is 10.6. The van der Waals surface area contributed by atoms with Crippen LogP contribution in [0.2, 0.25) is 0 Å². The van der Waals surface area contributed by atoms with E-state index in [1.165, 1.54) is 50.8 Å². The lowest BCUT2D eigenvalue weighted by Crippen LogP contribution is -2.33. The van der Waals surface area contributed by atoms with Crippen LogP contribution in [0, 0.1) is 11.8 Å². The first-order chi connectivity index (χ1) is 12.1. The predicted octanol–water partition coefficient (Wildman–Crippen LogP) is 4.86. The number of hydrogen-bond donors (Lipinski definition) is 1. The first-order valence-electron chi connectivity index (χ1n) is 10.2. The quantitative estimate of drug-likeness (QED) is 0.693. The van der Waals surface area contributed by atoms with Gasteiger partial charge in [0.25, 0.3) is 5.91 Å². The number of amides is 1. The molecule has 1 aliphatic rings. The molecule has 1 N–H and O–H groups in total. The lowest BCUT2D eigenvalue weighted by Gasteiger charge is -2.30. The number of carbonyl (C=O) groups excluding carboxylic acids is 1. The van der Waals surface area contributed by atoms with Gasteiger partial charge in [-0.1, -0.05) is 52.2 Å². The zero-order valence-corrected chi connectivity index (χ0v) is 16.4. The van der Waals surface area contributed by atoms with Crippen molar-refractivity contribution in [2.45, 2.75) is 65.8 Å². The lowest BCUT2D eigenvalue weighted by atomic mass is 9.99. The van der Waals surface area contributed by atoms with Crippen LogP contribution in [0.5, 0.6) is 0 Å². The van der Waals surface area contributed by atoms with Crippen molar-refractivity contribution in [1.29, 1.82) is 0 Å². The summed E-state index contributed by atoms with van der Waals surface area (Å²) in [7, 11) is 0. The summed E-state index contributed by atoms with van der Waals surface area (Å²) in [6.07, 6.45) is 7.47. The summed E-state index contributed by atoms with van der Waals surface area (Å²) in [5.41, 5.74) is 2.08. The Kier molecular flexibility index (Phi) is 8.47. The van der Waals surface area contributed by atoms with Gasteiger partial charge in [0.15, 0.2) is 0 Å². The molecule has 2 atom stereocenters. The Morgan fingerprint density at radius 3 is 2.68 bits per heavy atom. The molecular formula is C22H36N2O. The highest BCUT2D eigenvalue weighted by Crippen LogP contribution is 2.18. The second-order valence-electron chi connectivity index (χ2n) is 7.81. The molecule has 2 rings (SSSR count). The van der Waals surface area contributed by atoms with Crippen LogP contribution in [0.4, 0.5) is 0 Å². The smallest absolute Gasteiger partial charge is 0.251 e. The summed E-state index contributed by atoms with van der Waals surface area (Å²) in [5.74, 6) is 1.47. The highest BCUT2D eigenvalue weighted by atomic mass is 16.1. The minimum Gasteiger partial charge on any atom is -0.352 e. The highest BCUT2D eigenvalue weighted by Gasteiger charge is 2.16. The normalized spacial score (nSPS) is 19.6. The van der Waals surface area contributed by atoms with Gasteiger partial charge in [0.1, 0.15) is 0 Å². The van der Waals surface area contributed by atoms with E-state index in [1.54, 1.807) is 0 Å². The van der Waals surface area contributed by atoms with Gasteiger partial charge >= 0.3 is 0 Å². The van der Waals surface area contributed by atoms with Crippen LogP contribution in [-0.2, 0) is 6.54 Å². The Morgan fingerprint density at radius 1 is 1.28 bits per heavy atom. The van der Waals surface area contributed by atoms with Crippen LogP contribution in [0.15, 0.2) is 24.3 Å². The molecule has 1 aliphatic heterocycles. The third-order valence-corrected chi connectivity index (χ3v) is 5.46. The van der Waals surface area contributed by atoms with Gasteiger partial charge in [0, 0.05) is 25.2 Å². The zero-order valence-electron chi connectivity index (χ0n) is 16.4. The SMILES string of the molecule is CCCC[C@H](CC)CNC(=O)c1ccc(CN2CCC[C@H](C)C2)cc1. The third-order valence-electron chi connectivity index (χ3n) is 5.46. The van der Waals surface area contributed by atoms with Gasteiger partial charge < -0.3 is 5.32 Å². The third kappa shape index (κ3) is 6.81. The standard InChI is InChI=1S/C22H36N2O/c1-4-6-9-19(5-2)15-23-22(25)21-12-10-20(11-13-21)17-24-14-7-8-18(3)16-24/h10-13,18-19H,4-9,14-17H2,1-3H3,(H,23,25)/t18-,19-/m0/s1. The average Bonchev–Trinajstić information content (AvgIpc) is 2.62. The fourth-order valence-corrected chi connectivity index (χ4v) is 3.73. The number of likely N-dealkylation sites (tertiary alicyclic amines) is 1. The molecule has 0 saturated carbocycles. The number of carbonyl (C=O) groups is 1. The number of nitrogens with zero attached hydrogens (tertiary/aromatic N) is 1. The van der Waals surface area contributed by atoms with Gasteiger partial charge in [-0.05, 0) is 55.3 Å². The Labute approximate surface area is 154 Å². The van der Waals surface area contributed by atoms with Crippen LogP contribution >= 0.6 is 0 Å². The van der Waals surface area contributed by atoms with Gasteiger partial charge in [-0.25, -0.2) is 0 Å². The maximum atomic E-state index is 12.4. The van der Waals surface area contributed by atoms with E-state index in [9.17, 15) is 4.79 Å². The van der Waals surface area contributed by atoms with Gasteiger partial charge in [-0.3, -0.25) is 9.69 Å². The number of rotatable bonds is 9. The highest BCUT2D eigenvalue weighted by molar-refractivity contribution is 5.94. The van der Waals surface area contributed by atoms with Crippen molar-refractivity contribution in [2.24, 2.45) is 11.8 Å². The summed E-state index contributed by atoms with van der Waals surface area (Å²) in [6, 6.07) is 8.18. The summed E-state index contributed by atoms with van der Waals surface area (Å²) < 4.78 is 0. The molecule has 0 aliphatic carbocycles. The van der Waals surface area contributed by atoms with E-state index in [1.807, 2.05) is 12.1 Å². The van der Waals surface area contributed by atoms with Crippen LogP contribution < -0.4 is 5.32 Å². The van der Waals surface area contributed by atoms with E-state index in [2.05, 4.69) is 43.1 Å². The van der Waals surface area contributed by atoms with Crippen molar-refractivity contribution in [3.63, 3.8) is 0 Å². The van der Waals surface area contributed by atoms with E-state index < -0.39 is 0 Å². The number of benzene rings is 1. The molecule has 0 bridgehead atoms. The van der Waals surface area contributed by atoms with E-state index in [0.29, 0.717) is 5.92 Å². The largest absolute Gasteiger partial charge is 0.352 e. The fraction of sp³-hybridized carbons (Fsp3) is 0.682. The van der Waals surface area contributed by atoms with E-state index >= 15 is 0 Å². The molecule has 0 spiro atoms. The monoisotopic (exact) mass is 344 g/mol. The molecule has 3 nitrogen and oxygen atoms in total. The molecule has 0 aromatic heterocycles. The average molecular weight is 345 g/mol. The second-order valence-corrected chi connectivity index (χ2v) is 7.81. The Morgan fingerprint density at radius 2 is 2.04 bits per heavy atom. The summed E-state index contributed by atoms with van der Waals surface area (Å²) in [4.78, 5) is 14.9. The van der Waals surface area contributed by atoms with Crippen LogP contribution in [0.25, 0.3) is 0 Å². The van der Waals surface area contributed by atoms with E-state index in [0.717, 1.165) is 31.0 Å². The first kappa shape index (κ1) is 20.0. The summed E-state index contributed by atoms with van der Waals surface area (Å²) in [6.45, 7) is 11.0. The van der Waals surface area contributed by atoms with Gasteiger partial charge in [-0.2, -0.15) is 0 Å². The maximum Gasteiger partial charge on any atom is 0.251 e. The Bertz CT molecular complexity index is 511. The Hall–Kier alpha value is -1.35. The van der Waals surface area contributed by atoms with Gasteiger partial charge in [0.05, 0.1) is 0 Å². The van der Waals surface area contributed by atoms with Gasteiger partial charge in [-0.15, -0.1) is 0 Å². The molecule has 1 heterocycles. The lowest BCUT2D eigenvalue weighted by molar-refractivity contribution is 0.0946. The molecule has 0 radical (unpaired) electrons.